The molecule has 5 nitrogen and oxygen atoms in total. The van der Waals surface area contributed by atoms with Gasteiger partial charge in [0.25, 0.3) is 0 Å². The van der Waals surface area contributed by atoms with Crippen LogP contribution in [0.4, 0.5) is 4.39 Å². The Morgan fingerprint density at radius 2 is 1.55 bits per heavy atom. The molecule has 4 rings (SSSR count). The lowest BCUT2D eigenvalue weighted by molar-refractivity contribution is 0.0474. The van der Waals surface area contributed by atoms with Gasteiger partial charge in [-0.25, -0.2) is 9.18 Å². The molecule has 0 fully saturated rings. The Morgan fingerprint density at radius 1 is 0.862 bits per heavy atom. The highest BCUT2D eigenvalue weighted by molar-refractivity contribution is 6.22. The fourth-order valence-electron chi connectivity index (χ4n) is 3.29. The van der Waals surface area contributed by atoms with Gasteiger partial charge < -0.3 is 9.47 Å². The number of carbonyl (C=O) groups excluding carboxylic acids is 3. The number of halogens is 1. The highest BCUT2D eigenvalue weighted by Crippen LogP contribution is 2.36. The van der Waals surface area contributed by atoms with Crippen molar-refractivity contribution in [3.8, 4) is 16.9 Å². The molecule has 0 heterocycles. The van der Waals surface area contributed by atoms with Crippen LogP contribution in [0.25, 0.3) is 11.1 Å². The highest BCUT2D eigenvalue weighted by Gasteiger charge is 2.27. The fourth-order valence-corrected chi connectivity index (χ4v) is 3.29. The molecule has 0 amide bonds. The van der Waals surface area contributed by atoms with Crippen molar-refractivity contribution in [2.75, 3.05) is 13.7 Å². The Bertz CT molecular complexity index is 1170. The molecular weight excluding hydrogens is 375 g/mol. The predicted octanol–water partition coefficient (Wildman–Crippen LogP) is 4.09. The summed E-state index contributed by atoms with van der Waals surface area (Å²) in [6, 6.07) is 15.7. The van der Waals surface area contributed by atoms with E-state index in [2.05, 4.69) is 0 Å². The smallest absolute Gasteiger partial charge is 0.338 e. The molecule has 0 spiro atoms. The summed E-state index contributed by atoms with van der Waals surface area (Å²) in [6.07, 6.45) is 0. The van der Waals surface area contributed by atoms with Gasteiger partial charge in [0.05, 0.1) is 12.7 Å². The highest BCUT2D eigenvalue weighted by atomic mass is 19.1. The van der Waals surface area contributed by atoms with Crippen molar-refractivity contribution in [3.05, 3.63) is 88.7 Å². The van der Waals surface area contributed by atoms with Gasteiger partial charge in [-0.1, -0.05) is 30.3 Å². The Kier molecular flexibility index (Phi) is 4.68. The number of hydrogen-bond acceptors (Lipinski definition) is 5. The van der Waals surface area contributed by atoms with Crippen LogP contribution in [0, 0.1) is 5.82 Å². The van der Waals surface area contributed by atoms with Crippen molar-refractivity contribution < 1.29 is 28.2 Å². The average molecular weight is 390 g/mol. The van der Waals surface area contributed by atoms with Gasteiger partial charge in [-0.15, -0.1) is 0 Å². The quantitative estimate of drug-likeness (QED) is 0.379. The molecule has 0 aliphatic heterocycles. The largest absolute Gasteiger partial charge is 0.494 e. The van der Waals surface area contributed by atoms with Crippen LogP contribution >= 0.6 is 0 Å². The van der Waals surface area contributed by atoms with Crippen molar-refractivity contribution in [3.63, 3.8) is 0 Å². The van der Waals surface area contributed by atoms with E-state index in [0.717, 1.165) is 17.2 Å². The molecule has 3 aromatic rings. The zero-order valence-electron chi connectivity index (χ0n) is 15.4. The van der Waals surface area contributed by atoms with Crippen LogP contribution in [0.15, 0.2) is 60.7 Å². The first kappa shape index (κ1) is 18.6. The molecule has 3 aromatic carbocycles. The monoisotopic (exact) mass is 390 g/mol. The lowest BCUT2D eigenvalue weighted by Crippen LogP contribution is -2.15. The van der Waals surface area contributed by atoms with Gasteiger partial charge >= 0.3 is 5.97 Å². The number of rotatable bonds is 5. The SMILES string of the molecule is COc1ccc(C(=O)COC(=O)c2ccc3c(c2)C(=O)c2ccccc2-3)cc1F. The summed E-state index contributed by atoms with van der Waals surface area (Å²) in [5.41, 5.74) is 2.82. The van der Waals surface area contributed by atoms with Crippen LogP contribution in [0.1, 0.15) is 36.6 Å². The molecule has 0 bridgehead atoms. The van der Waals surface area contributed by atoms with E-state index in [1.807, 2.05) is 12.1 Å². The maximum Gasteiger partial charge on any atom is 0.338 e. The number of ether oxygens (including phenoxy) is 2. The molecule has 6 heteroatoms. The standard InChI is InChI=1S/C23H15FO5/c1-28-21-9-7-13(11-19(21)24)20(25)12-29-23(27)14-6-8-16-15-4-2-3-5-17(15)22(26)18(16)10-14/h2-11H,12H2,1H3. The molecule has 0 radical (unpaired) electrons. The normalized spacial score (nSPS) is 11.6. The number of ketones is 2. The second-order valence-corrected chi connectivity index (χ2v) is 6.48. The minimum atomic E-state index is -0.737. The van der Waals surface area contributed by atoms with E-state index in [1.54, 1.807) is 24.3 Å². The van der Waals surface area contributed by atoms with Crippen LogP contribution < -0.4 is 4.74 Å². The number of fused-ring (bicyclic) bond motifs is 3. The van der Waals surface area contributed by atoms with Crippen molar-refractivity contribution >= 4 is 17.5 Å². The van der Waals surface area contributed by atoms with Gasteiger partial charge in [-0.3, -0.25) is 9.59 Å². The van der Waals surface area contributed by atoms with Crippen molar-refractivity contribution in [2.45, 2.75) is 0 Å². The molecule has 1 aliphatic rings. The number of Topliss-reactive ketones (excluding diaryl/α,β-unsaturated/α-hetero) is 1. The second kappa shape index (κ2) is 7.31. The van der Waals surface area contributed by atoms with Gasteiger partial charge in [0.2, 0.25) is 0 Å². The van der Waals surface area contributed by atoms with Crippen LogP contribution in [-0.2, 0) is 4.74 Å². The molecule has 1 aliphatic carbocycles. The van der Waals surface area contributed by atoms with Crippen LogP contribution in [-0.4, -0.2) is 31.3 Å². The predicted molar refractivity (Wildman–Crippen MR) is 103 cm³/mol. The van der Waals surface area contributed by atoms with E-state index >= 15 is 0 Å². The number of hydrogen-bond donors (Lipinski definition) is 0. The van der Waals surface area contributed by atoms with E-state index in [9.17, 15) is 18.8 Å². The summed E-state index contributed by atoms with van der Waals surface area (Å²) in [6.45, 7) is -0.546. The minimum Gasteiger partial charge on any atom is -0.494 e. The number of methoxy groups -OCH3 is 1. The molecular formula is C23H15FO5. The van der Waals surface area contributed by atoms with Gasteiger partial charge in [0, 0.05) is 16.7 Å². The average Bonchev–Trinajstić information content (AvgIpc) is 3.03. The zero-order valence-corrected chi connectivity index (χ0v) is 15.4. The molecule has 0 atom stereocenters. The molecule has 29 heavy (non-hydrogen) atoms. The van der Waals surface area contributed by atoms with Crippen molar-refractivity contribution in [1.29, 1.82) is 0 Å². The molecule has 0 N–H and O–H groups in total. The van der Waals surface area contributed by atoms with Crippen LogP contribution in [0.3, 0.4) is 0 Å². The van der Waals surface area contributed by atoms with Crippen molar-refractivity contribution in [1.82, 2.24) is 0 Å². The lowest BCUT2D eigenvalue weighted by atomic mass is 10.0. The third-order valence-corrected chi connectivity index (χ3v) is 4.77. The van der Waals surface area contributed by atoms with Crippen molar-refractivity contribution in [2.24, 2.45) is 0 Å². The summed E-state index contributed by atoms with van der Waals surface area (Å²) in [5, 5.41) is 0. The summed E-state index contributed by atoms with van der Waals surface area (Å²) < 4.78 is 23.6. The minimum absolute atomic E-state index is 0.0161. The molecule has 0 saturated heterocycles. The maximum atomic E-state index is 13.7. The third-order valence-electron chi connectivity index (χ3n) is 4.77. The van der Waals surface area contributed by atoms with E-state index < -0.39 is 24.2 Å². The summed E-state index contributed by atoms with van der Waals surface area (Å²) in [5.74, 6) is -2.11. The molecule has 0 aromatic heterocycles. The van der Waals surface area contributed by atoms with Gasteiger partial charge in [-0.2, -0.15) is 0 Å². The number of esters is 1. The fraction of sp³-hybridized carbons (Fsp3) is 0.0870. The first-order valence-electron chi connectivity index (χ1n) is 8.81. The number of benzene rings is 3. The van der Waals surface area contributed by atoms with E-state index in [4.69, 9.17) is 9.47 Å². The van der Waals surface area contributed by atoms with Crippen LogP contribution in [0.5, 0.6) is 5.75 Å². The molecule has 0 saturated carbocycles. The van der Waals surface area contributed by atoms with Gasteiger partial charge in [0.1, 0.15) is 0 Å². The zero-order chi connectivity index (χ0) is 20.5. The van der Waals surface area contributed by atoms with E-state index in [0.29, 0.717) is 11.1 Å². The first-order chi connectivity index (χ1) is 14.0. The first-order valence-corrected chi connectivity index (χ1v) is 8.81. The van der Waals surface area contributed by atoms with E-state index in [-0.39, 0.29) is 22.7 Å². The Balaban J connectivity index is 1.48. The van der Waals surface area contributed by atoms with Crippen LogP contribution in [0.2, 0.25) is 0 Å². The molecule has 144 valence electrons. The summed E-state index contributed by atoms with van der Waals surface area (Å²) in [7, 11) is 1.32. The topological polar surface area (TPSA) is 69.7 Å². The Hall–Kier alpha value is -3.80. The Morgan fingerprint density at radius 3 is 2.28 bits per heavy atom. The van der Waals surface area contributed by atoms with E-state index in [1.165, 1.54) is 25.3 Å². The van der Waals surface area contributed by atoms with Gasteiger partial charge in [0.15, 0.2) is 29.7 Å². The number of carbonyl (C=O) groups is 3. The Labute approximate surface area is 165 Å². The lowest BCUT2D eigenvalue weighted by Gasteiger charge is -2.07. The maximum absolute atomic E-state index is 13.7. The van der Waals surface area contributed by atoms with Gasteiger partial charge in [-0.05, 0) is 41.5 Å². The third kappa shape index (κ3) is 3.29. The summed E-state index contributed by atoms with van der Waals surface area (Å²) in [4.78, 5) is 37.1. The summed E-state index contributed by atoms with van der Waals surface area (Å²) >= 11 is 0. The second-order valence-electron chi connectivity index (χ2n) is 6.48. The molecule has 0 unspecified atom stereocenters.